The molecule has 0 aliphatic carbocycles. The van der Waals surface area contributed by atoms with Gasteiger partial charge >= 0.3 is 0 Å². The van der Waals surface area contributed by atoms with Crippen LogP contribution in [0.4, 0.5) is 0 Å². The summed E-state index contributed by atoms with van der Waals surface area (Å²) < 4.78 is 6.11. The van der Waals surface area contributed by atoms with Crippen molar-refractivity contribution in [3.8, 4) is 5.75 Å². The van der Waals surface area contributed by atoms with E-state index in [4.69, 9.17) is 4.74 Å². The average Bonchev–Trinajstić information content (AvgIpc) is 2.55. The first-order valence-corrected chi connectivity index (χ1v) is 10.2. The van der Waals surface area contributed by atoms with Crippen molar-refractivity contribution in [3.05, 3.63) is 64.7 Å². The van der Waals surface area contributed by atoms with Gasteiger partial charge in [-0.05, 0) is 50.5 Å². The van der Waals surface area contributed by atoms with Crippen molar-refractivity contribution in [3.63, 3.8) is 0 Å². The molecule has 3 nitrogen and oxygen atoms in total. The molecular formula is C22H27NO2S. The number of hydrogen-bond acceptors (Lipinski definition) is 3. The van der Waals surface area contributed by atoms with E-state index in [9.17, 15) is 4.79 Å². The Labute approximate surface area is 160 Å². The van der Waals surface area contributed by atoms with E-state index in [0.717, 1.165) is 23.5 Å². The van der Waals surface area contributed by atoms with Crippen molar-refractivity contribution < 1.29 is 9.53 Å². The number of carbonyl (C=O) groups excluding carboxylic acids is 1. The Morgan fingerprint density at radius 2 is 2.00 bits per heavy atom. The molecule has 3 rings (SSSR count). The average molecular weight is 370 g/mol. The number of rotatable bonds is 5. The number of carbonyl (C=O) groups is 1. The first kappa shape index (κ1) is 18.8. The van der Waals surface area contributed by atoms with Gasteiger partial charge in [-0.2, -0.15) is 0 Å². The van der Waals surface area contributed by atoms with Crippen molar-refractivity contribution >= 4 is 17.7 Å². The monoisotopic (exact) mass is 369 g/mol. The largest absolute Gasteiger partial charge is 0.487 e. The molecule has 26 heavy (non-hydrogen) atoms. The first-order chi connectivity index (χ1) is 12.3. The normalized spacial score (nSPS) is 17.9. The van der Waals surface area contributed by atoms with E-state index in [1.165, 1.54) is 16.7 Å². The Balaban J connectivity index is 1.61. The maximum atomic E-state index is 12.5. The molecule has 4 heteroatoms. The highest BCUT2D eigenvalue weighted by atomic mass is 32.2. The van der Waals surface area contributed by atoms with Gasteiger partial charge in [0, 0.05) is 17.7 Å². The van der Waals surface area contributed by atoms with Crippen LogP contribution in [-0.2, 0) is 10.5 Å². The number of amides is 1. The lowest BCUT2D eigenvalue weighted by Crippen LogP contribution is -2.41. The molecule has 1 heterocycles. The lowest BCUT2D eigenvalue weighted by atomic mass is 9.89. The zero-order valence-corrected chi connectivity index (χ0v) is 16.8. The molecule has 1 amide bonds. The summed E-state index contributed by atoms with van der Waals surface area (Å²) in [7, 11) is 0. The maximum absolute atomic E-state index is 12.5. The van der Waals surface area contributed by atoms with Gasteiger partial charge in [0.1, 0.15) is 11.4 Å². The summed E-state index contributed by atoms with van der Waals surface area (Å²) in [5.41, 5.74) is 4.52. The van der Waals surface area contributed by atoms with Crippen LogP contribution in [0.5, 0.6) is 5.75 Å². The highest BCUT2D eigenvalue weighted by Gasteiger charge is 2.34. The van der Waals surface area contributed by atoms with Crippen LogP contribution < -0.4 is 10.1 Å². The molecule has 0 saturated carbocycles. The van der Waals surface area contributed by atoms with Gasteiger partial charge in [0.15, 0.2) is 0 Å². The fraction of sp³-hybridized carbons (Fsp3) is 0.409. The second-order valence-electron chi connectivity index (χ2n) is 7.65. The fourth-order valence-electron chi connectivity index (χ4n) is 3.35. The summed E-state index contributed by atoms with van der Waals surface area (Å²) in [6.45, 7) is 8.31. The zero-order chi connectivity index (χ0) is 18.7. The number of fused-ring (bicyclic) bond motifs is 1. The Morgan fingerprint density at radius 1 is 1.23 bits per heavy atom. The van der Waals surface area contributed by atoms with Gasteiger partial charge in [-0.25, -0.2) is 0 Å². The molecule has 0 aromatic heterocycles. The molecule has 1 unspecified atom stereocenters. The summed E-state index contributed by atoms with van der Waals surface area (Å²) in [6, 6.07) is 14.5. The van der Waals surface area contributed by atoms with Gasteiger partial charge in [-0.15, -0.1) is 11.8 Å². The van der Waals surface area contributed by atoms with Gasteiger partial charge in [-0.3, -0.25) is 4.79 Å². The summed E-state index contributed by atoms with van der Waals surface area (Å²) in [4.78, 5) is 12.5. The highest BCUT2D eigenvalue weighted by Crippen LogP contribution is 2.39. The van der Waals surface area contributed by atoms with Crippen LogP contribution >= 0.6 is 11.8 Å². The second kappa shape index (κ2) is 7.75. The molecule has 0 fully saturated rings. The Bertz CT molecular complexity index is 800. The third-order valence-electron chi connectivity index (χ3n) is 4.71. The third kappa shape index (κ3) is 4.61. The van der Waals surface area contributed by atoms with E-state index >= 15 is 0 Å². The molecule has 1 N–H and O–H groups in total. The lowest BCUT2D eigenvalue weighted by molar-refractivity contribution is -0.119. The quantitative estimate of drug-likeness (QED) is 0.810. The smallest absolute Gasteiger partial charge is 0.230 e. The van der Waals surface area contributed by atoms with Crippen LogP contribution in [0.2, 0.25) is 0 Å². The lowest BCUT2D eigenvalue weighted by Gasteiger charge is -2.38. The van der Waals surface area contributed by atoms with E-state index in [-0.39, 0.29) is 17.6 Å². The molecule has 0 bridgehead atoms. The van der Waals surface area contributed by atoms with Crippen molar-refractivity contribution in [1.29, 1.82) is 0 Å². The number of thioether (sulfide) groups is 1. The van der Waals surface area contributed by atoms with Crippen molar-refractivity contribution in [1.82, 2.24) is 5.32 Å². The molecular weight excluding hydrogens is 342 g/mol. The minimum atomic E-state index is -0.285. The molecule has 1 aliphatic rings. The number of aryl methyl sites for hydroxylation is 2. The fourth-order valence-corrected chi connectivity index (χ4v) is 4.26. The van der Waals surface area contributed by atoms with Gasteiger partial charge in [0.25, 0.3) is 0 Å². The van der Waals surface area contributed by atoms with Crippen LogP contribution in [0.3, 0.4) is 0 Å². The maximum Gasteiger partial charge on any atom is 0.230 e. The van der Waals surface area contributed by atoms with Crippen LogP contribution in [0.1, 0.15) is 48.6 Å². The Morgan fingerprint density at radius 3 is 2.77 bits per heavy atom. The standard InChI is InChI=1S/C22H27NO2S/c1-15-9-10-18-19(12-22(3,4)25-20(18)11-15)23-21(24)14-26-13-17-8-6-5-7-16(17)2/h5-11,19H,12-14H2,1-4H3,(H,23,24). The molecule has 138 valence electrons. The van der Waals surface area contributed by atoms with Crippen molar-refractivity contribution in [2.75, 3.05) is 5.75 Å². The van der Waals surface area contributed by atoms with E-state index < -0.39 is 0 Å². The Hall–Kier alpha value is -1.94. The van der Waals surface area contributed by atoms with Crippen LogP contribution in [-0.4, -0.2) is 17.3 Å². The first-order valence-electron chi connectivity index (χ1n) is 9.05. The van der Waals surface area contributed by atoms with Gasteiger partial charge < -0.3 is 10.1 Å². The molecule has 1 atom stereocenters. The van der Waals surface area contributed by atoms with Crippen LogP contribution in [0.15, 0.2) is 42.5 Å². The summed E-state index contributed by atoms with van der Waals surface area (Å²) in [5, 5.41) is 3.21. The molecule has 2 aromatic carbocycles. The molecule has 0 radical (unpaired) electrons. The number of hydrogen-bond donors (Lipinski definition) is 1. The molecule has 0 saturated heterocycles. The van der Waals surface area contributed by atoms with E-state index in [0.29, 0.717) is 5.75 Å². The number of benzene rings is 2. The van der Waals surface area contributed by atoms with Gasteiger partial charge in [0.05, 0.1) is 11.8 Å². The molecule has 2 aromatic rings. The third-order valence-corrected chi connectivity index (χ3v) is 5.70. The number of ether oxygens (including phenoxy) is 1. The van der Waals surface area contributed by atoms with E-state index in [1.54, 1.807) is 11.8 Å². The van der Waals surface area contributed by atoms with Crippen LogP contribution in [0, 0.1) is 13.8 Å². The van der Waals surface area contributed by atoms with Crippen LogP contribution in [0.25, 0.3) is 0 Å². The predicted molar refractivity (Wildman–Crippen MR) is 109 cm³/mol. The predicted octanol–water partition coefficient (Wildman–Crippen LogP) is 4.96. The highest BCUT2D eigenvalue weighted by molar-refractivity contribution is 7.99. The van der Waals surface area contributed by atoms with Gasteiger partial charge in [-0.1, -0.05) is 36.4 Å². The topological polar surface area (TPSA) is 38.3 Å². The van der Waals surface area contributed by atoms with Crippen molar-refractivity contribution in [2.45, 2.75) is 51.5 Å². The molecule has 1 aliphatic heterocycles. The number of nitrogens with one attached hydrogen (secondary N) is 1. The summed E-state index contributed by atoms with van der Waals surface area (Å²) >= 11 is 1.66. The SMILES string of the molecule is Cc1ccc2c(c1)OC(C)(C)CC2NC(=O)CSCc1ccccc1C. The minimum absolute atomic E-state index is 0.000844. The minimum Gasteiger partial charge on any atom is -0.487 e. The Kier molecular flexibility index (Phi) is 5.61. The summed E-state index contributed by atoms with van der Waals surface area (Å²) in [6.07, 6.45) is 0.775. The van der Waals surface area contributed by atoms with Crippen molar-refractivity contribution in [2.24, 2.45) is 0 Å². The van der Waals surface area contributed by atoms with E-state index in [1.807, 2.05) is 12.1 Å². The molecule has 0 spiro atoms. The van der Waals surface area contributed by atoms with E-state index in [2.05, 4.69) is 63.3 Å². The second-order valence-corrected chi connectivity index (χ2v) is 8.63. The van der Waals surface area contributed by atoms with Gasteiger partial charge in [0.2, 0.25) is 5.91 Å². The summed E-state index contributed by atoms with van der Waals surface area (Å²) in [5.74, 6) is 2.29. The zero-order valence-electron chi connectivity index (χ0n) is 16.0.